The average Bonchev–Trinajstić information content (AvgIpc) is 3.21. The smallest absolute Gasteiger partial charge is 0.187 e. The van der Waals surface area contributed by atoms with Crippen LogP contribution in [0.15, 0.2) is 0 Å². The molecule has 0 bridgehead atoms. The van der Waals surface area contributed by atoms with Gasteiger partial charge in [-0.15, -0.1) is 11.8 Å². The van der Waals surface area contributed by atoms with E-state index >= 15 is 0 Å². The molecule has 0 amide bonds. The highest BCUT2D eigenvalue weighted by molar-refractivity contribution is 7.99. The average molecular weight is 859 g/mol. The van der Waals surface area contributed by atoms with Gasteiger partial charge in [0.25, 0.3) is 0 Å². The first-order valence-corrected chi connectivity index (χ1v) is 19.1. The number of ether oxygens (including phenoxy) is 9. The number of aliphatic hydroxyl groups is 16. The van der Waals surface area contributed by atoms with E-state index < -0.39 is 179 Å². The minimum atomic E-state index is -2.01. The van der Waals surface area contributed by atoms with Crippen LogP contribution in [0.3, 0.4) is 0 Å². The molecule has 5 saturated heterocycles. The molecule has 0 aliphatic carbocycles. The Morgan fingerprint density at radius 2 is 0.702 bits per heavy atom. The van der Waals surface area contributed by atoms with Crippen molar-refractivity contribution in [2.24, 2.45) is 0 Å². The molecule has 5 rings (SSSR count). The molecule has 0 saturated carbocycles. The largest absolute Gasteiger partial charge is 0.394 e. The quantitative estimate of drug-likeness (QED) is 0.0771. The van der Waals surface area contributed by atoms with Crippen molar-refractivity contribution in [2.45, 2.75) is 153 Å². The summed E-state index contributed by atoms with van der Waals surface area (Å²) in [6, 6.07) is 0. The van der Waals surface area contributed by atoms with Crippen LogP contribution in [-0.4, -0.2) is 274 Å². The van der Waals surface area contributed by atoms with Crippen molar-refractivity contribution in [1.29, 1.82) is 0 Å². The number of hydrogen-bond acceptors (Lipinski definition) is 26. The molecule has 16 N–H and O–H groups in total. The van der Waals surface area contributed by atoms with Crippen LogP contribution in [0.1, 0.15) is 0 Å². The van der Waals surface area contributed by atoms with Crippen molar-refractivity contribution in [2.75, 3.05) is 39.3 Å². The second-order valence-corrected chi connectivity index (χ2v) is 15.3. The number of methoxy groups -OCH3 is 1. The van der Waals surface area contributed by atoms with E-state index in [2.05, 4.69) is 0 Å². The predicted octanol–water partition coefficient (Wildman–Crippen LogP) is -10.6. The van der Waals surface area contributed by atoms with Gasteiger partial charge >= 0.3 is 0 Å². The van der Waals surface area contributed by atoms with Gasteiger partial charge in [-0.2, -0.15) is 0 Å². The second-order valence-electron chi connectivity index (χ2n) is 14.2. The van der Waals surface area contributed by atoms with Gasteiger partial charge in [0.1, 0.15) is 121 Å². The van der Waals surface area contributed by atoms with Gasteiger partial charge in [0, 0.05) is 12.9 Å². The zero-order valence-corrected chi connectivity index (χ0v) is 31.0. The van der Waals surface area contributed by atoms with Gasteiger partial charge in [-0.3, -0.25) is 0 Å². The van der Waals surface area contributed by atoms with Gasteiger partial charge < -0.3 is 124 Å². The van der Waals surface area contributed by atoms with E-state index in [1.54, 1.807) is 0 Å². The minimum absolute atomic E-state index is 0.366. The summed E-state index contributed by atoms with van der Waals surface area (Å²) in [5.41, 5.74) is -1.38. The Kier molecular flexibility index (Phi) is 17.0. The van der Waals surface area contributed by atoms with Gasteiger partial charge in [-0.1, -0.05) is 0 Å². The first-order valence-electron chi connectivity index (χ1n) is 18.0. The van der Waals surface area contributed by atoms with Gasteiger partial charge in [0.2, 0.25) is 0 Å². The summed E-state index contributed by atoms with van der Waals surface area (Å²) >= 11 is 0.706. The predicted molar refractivity (Wildman–Crippen MR) is 178 cm³/mol. The van der Waals surface area contributed by atoms with Crippen molar-refractivity contribution >= 4 is 11.8 Å². The topological polar surface area (TPSA) is 407 Å². The Balaban J connectivity index is 1.21. The first kappa shape index (κ1) is 47.4. The van der Waals surface area contributed by atoms with E-state index in [-0.39, 0.29) is 5.75 Å². The van der Waals surface area contributed by atoms with Crippen LogP contribution in [0.4, 0.5) is 0 Å². The molecule has 0 unspecified atom stereocenters. The molecule has 57 heavy (non-hydrogen) atoms. The Bertz CT molecular complexity index is 1220. The van der Waals surface area contributed by atoms with Crippen LogP contribution in [0, 0.1) is 0 Å². The highest BCUT2D eigenvalue weighted by Crippen LogP contribution is 2.36. The fourth-order valence-corrected chi connectivity index (χ4v) is 8.34. The van der Waals surface area contributed by atoms with E-state index in [0.717, 1.165) is 0 Å². The molecule has 0 aromatic carbocycles. The van der Waals surface area contributed by atoms with Gasteiger partial charge in [-0.05, 0) is 0 Å². The molecule has 5 aliphatic heterocycles. The summed E-state index contributed by atoms with van der Waals surface area (Å²) in [7, 11) is 1.18. The maximum atomic E-state index is 11.1. The number of thioether (sulfide) groups is 1. The van der Waals surface area contributed by atoms with Crippen LogP contribution in [0.25, 0.3) is 0 Å². The van der Waals surface area contributed by atoms with Crippen molar-refractivity contribution in [3.05, 3.63) is 0 Å². The van der Waals surface area contributed by atoms with E-state index in [1.165, 1.54) is 7.11 Å². The lowest BCUT2D eigenvalue weighted by atomic mass is 9.96. The monoisotopic (exact) mass is 858 g/mol. The van der Waals surface area contributed by atoms with Crippen LogP contribution in [0.5, 0.6) is 0 Å². The van der Waals surface area contributed by atoms with Crippen LogP contribution in [0.2, 0.25) is 0 Å². The molecular formula is C31H54O25S. The van der Waals surface area contributed by atoms with Gasteiger partial charge in [0.05, 0.1) is 32.5 Å². The Morgan fingerprint density at radius 3 is 1.14 bits per heavy atom. The molecule has 0 spiro atoms. The summed E-state index contributed by atoms with van der Waals surface area (Å²) in [6.07, 6.45) is -40.9. The minimum Gasteiger partial charge on any atom is -0.394 e. The van der Waals surface area contributed by atoms with Crippen LogP contribution < -0.4 is 0 Å². The fourth-order valence-electron chi connectivity index (χ4n) is 7.11. The summed E-state index contributed by atoms with van der Waals surface area (Å²) in [6.45, 7) is -3.25. The molecule has 26 heteroatoms. The highest BCUT2D eigenvalue weighted by Gasteiger charge is 2.55. The summed E-state index contributed by atoms with van der Waals surface area (Å²) < 4.78 is 49.4. The van der Waals surface area contributed by atoms with E-state index in [9.17, 15) is 81.7 Å². The molecule has 0 aromatic heterocycles. The fraction of sp³-hybridized carbons (Fsp3) is 1.00. The molecule has 25 nitrogen and oxygen atoms in total. The number of hydrogen-bond donors (Lipinski definition) is 16. The van der Waals surface area contributed by atoms with Crippen LogP contribution >= 0.6 is 11.8 Å². The Labute approximate surface area is 328 Å². The third-order valence-electron chi connectivity index (χ3n) is 10.5. The molecule has 5 heterocycles. The third kappa shape index (κ3) is 9.87. The van der Waals surface area contributed by atoms with Gasteiger partial charge in [0.15, 0.2) is 25.2 Å². The molecule has 0 radical (unpaired) electrons. The first-order chi connectivity index (χ1) is 27.0. The normalized spacial score (nSPS) is 52.5. The lowest BCUT2D eigenvalue weighted by Gasteiger charge is -2.48. The van der Waals surface area contributed by atoms with Crippen molar-refractivity contribution in [3.63, 3.8) is 0 Å². The molecule has 25 atom stereocenters. The molecule has 5 aliphatic rings. The Morgan fingerprint density at radius 1 is 0.368 bits per heavy atom. The lowest BCUT2D eigenvalue weighted by molar-refractivity contribution is -0.377. The van der Waals surface area contributed by atoms with E-state index in [4.69, 9.17) is 42.6 Å². The van der Waals surface area contributed by atoms with Crippen molar-refractivity contribution in [3.8, 4) is 0 Å². The van der Waals surface area contributed by atoms with Crippen molar-refractivity contribution < 1.29 is 124 Å². The molecule has 334 valence electrons. The third-order valence-corrected chi connectivity index (χ3v) is 11.7. The van der Waals surface area contributed by atoms with Crippen LogP contribution in [-0.2, 0) is 42.6 Å². The number of aliphatic hydroxyl groups excluding tert-OH is 16. The lowest BCUT2D eigenvalue weighted by Crippen LogP contribution is -2.66. The summed E-state index contributed by atoms with van der Waals surface area (Å²) in [5, 5.41) is 167. The standard InChI is InChI=1S/C31H54O25S/c1-48-27-21(45)16(40)24(8(3-33)50-27)55-30-22(46)17(41)25(9(4-34)51-30)54-29-20(44)15(39)13(37)11(52-29)6-57-31-23(47)18(42)26(10(5-35)53-31)56-28-19(43)14(38)12(36)7(2-32)49-28/h7-47H,2-6H2,1H3/t7-,8-,9-,10-,11-,12-,13-,14+,15+,16-,17-,18-,19-,20-,21-,22-,23-,24-,25-,26-,27+,28-,29-,30+,31-/m1/s1. The van der Waals surface area contributed by atoms with Gasteiger partial charge in [-0.25, -0.2) is 0 Å². The summed E-state index contributed by atoms with van der Waals surface area (Å²) in [4.78, 5) is 0. The molecule has 5 fully saturated rings. The van der Waals surface area contributed by atoms with E-state index in [0.29, 0.717) is 11.8 Å². The maximum Gasteiger partial charge on any atom is 0.187 e. The highest BCUT2D eigenvalue weighted by atomic mass is 32.2. The zero-order valence-electron chi connectivity index (χ0n) is 30.2. The molecule has 0 aromatic rings. The van der Waals surface area contributed by atoms with E-state index in [1.807, 2.05) is 0 Å². The SMILES string of the molecule is CO[C@H]1O[C@H](CO)[C@@H](O[C@@H]2O[C@H](CO)[C@@H](O[C@H]3O[C@H](CS[C@H]4O[C@H](CO)[C@@H](O[C@H]5O[C@H](CO)[C@@H](O)[C@H](O)[C@H]5O)[C@H](O)[C@H]4O)[C@@H](O)[C@H](O)[C@H]3O)[C@H](O)[C@H]2O)[C@H](O)[C@H]1O. The molecular weight excluding hydrogens is 804 g/mol. The maximum absolute atomic E-state index is 11.1. The summed E-state index contributed by atoms with van der Waals surface area (Å²) in [5.74, 6) is -0.366. The second kappa shape index (κ2) is 20.5. The van der Waals surface area contributed by atoms with Crippen molar-refractivity contribution in [1.82, 2.24) is 0 Å². The number of rotatable bonds is 14. The Hall–Kier alpha value is -0.650. The zero-order chi connectivity index (χ0) is 42.0.